The molecule has 13 nitrogen and oxygen atoms in total. The maximum absolute atomic E-state index is 7.55. The highest BCUT2D eigenvalue weighted by molar-refractivity contribution is 5.54. The second-order valence-corrected chi connectivity index (χ2v) is 19.1. The molecule has 4 heterocycles. The minimum atomic E-state index is -1.16. The molecule has 0 radical (unpaired) electrons. The van der Waals surface area contributed by atoms with Crippen LogP contribution in [0.5, 0.6) is 5.88 Å². The summed E-state index contributed by atoms with van der Waals surface area (Å²) in [5.74, 6) is 0.375. The van der Waals surface area contributed by atoms with Gasteiger partial charge in [0.05, 0.1) is 57.6 Å². The van der Waals surface area contributed by atoms with Crippen LogP contribution in [0, 0.1) is 0 Å². The number of hydrogen-bond acceptors (Lipinski definition) is 13. The zero-order chi connectivity index (χ0) is 53.0. The van der Waals surface area contributed by atoms with E-state index in [9.17, 15) is 0 Å². The normalized spacial score (nSPS) is 23.1. The molecule has 2 saturated heterocycles. The summed E-state index contributed by atoms with van der Waals surface area (Å²) >= 11 is 0. The van der Waals surface area contributed by atoms with E-state index in [-0.39, 0.29) is 46.2 Å². The molecule has 2 aliphatic heterocycles. The number of aromatic nitrogens is 2. The van der Waals surface area contributed by atoms with Crippen LogP contribution in [0.4, 0.5) is 0 Å². The maximum atomic E-state index is 7.55. The van der Waals surface area contributed by atoms with Crippen molar-refractivity contribution in [1.29, 1.82) is 0 Å². The van der Waals surface area contributed by atoms with E-state index < -0.39 is 61.4 Å². The van der Waals surface area contributed by atoms with Gasteiger partial charge in [0, 0.05) is 19.4 Å². The lowest BCUT2D eigenvalue weighted by atomic mass is 9.95. The van der Waals surface area contributed by atoms with Gasteiger partial charge in [0.1, 0.15) is 55.4 Å². The van der Waals surface area contributed by atoms with Gasteiger partial charge in [-0.25, -0.2) is 4.98 Å². The molecule has 10 rings (SSSR count). The SMILES string of the molecule is CO[C@H]1O[C@H](COCc2ccccc2)[C@@H](OC2O[C@H](COc3cccc(-c4ccccn4)n3)[C@@H](OCc3ccccc3)[C@H](OCc3ccccc3)[C@H]2OCc2ccccc2)[C@H](OCc2ccccc2)[C@H]1OCc1ccccc1. The van der Waals surface area contributed by atoms with Gasteiger partial charge in [-0.1, -0.05) is 194 Å². The maximum Gasteiger partial charge on any atom is 0.213 e. The molecule has 2 aromatic heterocycles. The Morgan fingerprint density at radius 1 is 0.359 bits per heavy atom. The van der Waals surface area contributed by atoms with Crippen LogP contribution in [0.25, 0.3) is 11.4 Å². The van der Waals surface area contributed by atoms with Gasteiger partial charge in [-0.05, 0) is 51.6 Å². The zero-order valence-corrected chi connectivity index (χ0v) is 43.7. The highest BCUT2D eigenvalue weighted by Gasteiger charge is 2.54. The van der Waals surface area contributed by atoms with Crippen LogP contribution < -0.4 is 4.74 Å². The first-order valence-corrected chi connectivity index (χ1v) is 26.5. The number of rotatable bonds is 26. The highest BCUT2D eigenvalue weighted by atomic mass is 16.8. The van der Waals surface area contributed by atoms with Crippen LogP contribution in [-0.2, 0) is 87.0 Å². The molecule has 13 heteroatoms. The predicted octanol–water partition coefficient (Wildman–Crippen LogP) is 11.1. The second-order valence-electron chi connectivity index (χ2n) is 19.1. The first-order chi connectivity index (χ1) is 38.6. The predicted molar refractivity (Wildman–Crippen MR) is 293 cm³/mol. The summed E-state index contributed by atoms with van der Waals surface area (Å²) in [6.07, 6.45) is -6.94. The lowest BCUT2D eigenvalue weighted by molar-refractivity contribution is -0.375. The third kappa shape index (κ3) is 15.2. The molecule has 0 aliphatic carbocycles. The lowest BCUT2D eigenvalue weighted by Crippen LogP contribution is -2.66. The van der Waals surface area contributed by atoms with Crippen molar-refractivity contribution < 1.29 is 52.1 Å². The van der Waals surface area contributed by atoms with Gasteiger partial charge in [-0.15, -0.1) is 0 Å². The fraction of sp³-hybridized carbons (Fsp3) is 0.292. The second kappa shape index (κ2) is 28.6. The third-order valence-corrected chi connectivity index (χ3v) is 13.6. The summed E-state index contributed by atoms with van der Waals surface area (Å²) < 4.78 is 76.3. The van der Waals surface area contributed by atoms with Gasteiger partial charge < -0.3 is 52.1 Å². The van der Waals surface area contributed by atoms with Gasteiger partial charge in [0.2, 0.25) is 5.88 Å². The van der Waals surface area contributed by atoms with Crippen molar-refractivity contribution in [3.05, 3.63) is 258 Å². The smallest absolute Gasteiger partial charge is 0.213 e. The monoisotopic (exact) mass is 1050 g/mol. The molecule has 1 unspecified atom stereocenters. The minimum absolute atomic E-state index is 0.0120. The van der Waals surface area contributed by atoms with E-state index in [1.54, 1.807) is 13.3 Å². The molecule has 0 N–H and O–H groups in total. The van der Waals surface area contributed by atoms with E-state index in [4.69, 9.17) is 57.1 Å². The Kier molecular flexibility index (Phi) is 19.9. The zero-order valence-electron chi connectivity index (χ0n) is 43.7. The number of ether oxygens (including phenoxy) is 11. The molecule has 8 aromatic rings. The van der Waals surface area contributed by atoms with Crippen LogP contribution >= 0.6 is 0 Å². The Labute approximate surface area is 456 Å². The molecule has 0 bridgehead atoms. The van der Waals surface area contributed by atoms with Crippen molar-refractivity contribution in [2.75, 3.05) is 20.3 Å². The van der Waals surface area contributed by atoms with Crippen molar-refractivity contribution in [2.45, 2.75) is 101 Å². The van der Waals surface area contributed by atoms with Crippen molar-refractivity contribution >= 4 is 0 Å². The summed E-state index contributed by atoms with van der Waals surface area (Å²) in [6.45, 7) is 1.55. The van der Waals surface area contributed by atoms with Crippen LogP contribution in [0.3, 0.4) is 0 Å². The largest absolute Gasteiger partial charge is 0.475 e. The molecule has 6 aromatic carbocycles. The van der Waals surface area contributed by atoms with E-state index in [0.717, 1.165) is 33.4 Å². The quantitative estimate of drug-likeness (QED) is 0.0511. The first-order valence-electron chi connectivity index (χ1n) is 26.5. The average molecular weight is 1050 g/mol. The van der Waals surface area contributed by atoms with Crippen molar-refractivity contribution in [3.8, 4) is 17.3 Å². The summed E-state index contributed by atoms with van der Waals surface area (Å²) in [5.41, 5.74) is 7.17. The molecule has 2 fully saturated rings. The molecule has 2 aliphatic rings. The van der Waals surface area contributed by atoms with E-state index in [1.807, 2.05) is 218 Å². The van der Waals surface area contributed by atoms with Crippen molar-refractivity contribution in [2.24, 2.45) is 0 Å². The topological polar surface area (TPSA) is 127 Å². The van der Waals surface area contributed by atoms with Gasteiger partial charge in [0.25, 0.3) is 0 Å². The summed E-state index contributed by atoms with van der Waals surface area (Å²) in [7, 11) is 1.61. The van der Waals surface area contributed by atoms with Crippen molar-refractivity contribution in [1.82, 2.24) is 9.97 Å². The van der Waals surface area contributed by atoms with E-state index in [1.165, 1.54) is 0 Å². The first kappa shape index (κ1) is 54.4. The molecule has 402 valence electrons. The molecule has 0 saturated carbocycles. The van der Waals surface area contributed by atoms with Crippen LogP contribution in [-0.4, -0.2) is 91.7 Å². The van der Waals surface area contributed by atoms with E-state index in [2.05, 4.69) is 4.98 Å². The Morgan fingerprint density at radius 3 is 1.23 bits per heavy atom. The molecular formula is C65H66N2O11. The van der Waals surface area contributed by atoms with E-state index in [0.29, 0.717) is 23.9 Å². The number of benzene rings is 6. The fourth-order valence-corrected chi connectivity index (χ4v) is 9.60. The van der Waals surface area contributed by atoms with E-state index >= 15 is 0 Å². The third-order valence-electron chi connectivity index (χ3n) is 13.6. The van der Waals surface area contributed by atoms with Gasteiger partial charge in [-0.3, -0.25) is 4.98 Å². The van der Waals surface area contributed by atoms with Crippen LogP contribution in [0.1, 0.15) is 33.4 Å². The minimum Gasteiger partial charge on any atom is -0.475 e. The molecular weight excluding hydrogens is 985 g/mol. The van der Waals surface area contributed by atoms with Crippen molar-refractivity contribution in [3.63, 3.8) is 0 Å². The fourth-order valence-electron chi connectivity index (χ4n) is 9.60. The summed E-state index contributed by atoms with van der Waals surface area (Å²) in [6, 6.07) is 71.3. The average Bonchev–Trinajstić information content (AvgIpc) is 3.56. The number of pyridine rings is 2. The van der Waals surface area contributed by atoms with Gasteiger partial charge in [0.15, 0.2) is 12.6 Å². The number of methoxy groups -OCH3 is 1. The molecule has 0 spiro atoms. The Bertz CT molecular complexity index is 2940. The van der Waals surface area contributed by atoms with Gasteiger partial charge >= 0.3 is 0 Å². The Morgan fingerprint density at radius 2 is 0.756 bits per heavy atom. The summed E-state index contributed by atoms with van der Waals surface area (Å²) in [4.78, 5) is 9.41. The molecule has 78 heavy (non-hydrogen) atoms. The molecule has 0 amide bonds. The lowest BCUT2D eigenvalue weighted by Gasteiger charge is -2.50. The summed E-state index contributed by atoms with van der Waals surface area (Å²) in [5, 5.41) is 0. The highest BCUT2D eigenvalue weighted by Crippen LogP contribution is 2.37. The standard InChI is InChI=1S/C65H66N2O11/c1-68-64-62(74-43-51-31-16-6-17-32-51)61(73-42-50-29-14-5-15-30-50)59(55(76-64)45-69-39-47-23-8-2-9-24-47)78-65-63(75-44-52-33-18-7-19-34-52)60(72-41-49-27-12-4-13-28-49)58(71-40-48-25-10-3-11-26-48)56(77-65)46-70-57-37-22-36-54(67-57)53-35-20-21-38-66-53/h2-38,55-56,58-65H,39-46H2,1H3/t55-,56-,58-,59-,60+,61+,62-,63-,64+,65?/m1/s1. The number of nitrogens with zero attached hydrogens (tertiary/aromatic N) is 2. The van der Waals surface area contributed by atoms with Crippen LogP contribution in [0.2, 0.25) is 0 Å². The van der Waals surface area contributed by atoms with Gasteiger partial charge in [-0.2, -0.15) is 0 Å². The Balaban J connectivity index is 1.05. The Hall–Kier alpha value is -6.98. The number of hydrogen-bond donors (Lipinski definition) is 0. The molecule has 10 atom stereocenters. The van der Waals surface area contributed by atoms with Crippen LogP contribution in [0.15, 0.2) is 225 Å².